The van der Waals surface area contributed by atoms with Gasteiger partial charge in [0.2, 0.25) is 0 Å². The van der Waals surface area contributed by atoms with Crippen LogP contribution in [0.5, 0.6) is 0 Å². The van der Waals surface area contributed by atoms with Crippen LogP contribution in [0.4, 0.5) is 0 Å². The van der Waals surface area contributed by atoms with Crippen molar-refractivity contribution in [2.75, 3.05) is 220 Å². The maximum absolute atomic E-state index is 6.29. The molecule has 0 aromatic carbocycles. The fraction of sp³-hybridized carbons (Fsp3) is 1.00. The molecule has 0 N–H and O–H groups in total. The van der Waals surface area contributed by atoms with E-state index in [9.17, 15) is 0 Å². The third kappa shape index (κ3) is 40.8. The van der Waals surface area contributed by atoms with E-state index in [0.29, 0.717) is 205 Å². The van der Waals surface area contributed by atoms with Gasteiger partial charge in [0.25, 0.3) is 0 Å². The molecule has 17 heteroatoms. The summed E-state index contributed by atoms with van der Waals surface area (Å²) in [5.41, 5.74) is -0.644. The molecule has 0 aromatic heterocycles. The van der Waals surface area contributed by atoms with Crippen molar-refractivity contribution in [1.29, 1.82) is 0 Å². The molecule has 0 bridgehead atoms. The first kappa shape index (κ1) is 52.3. The summed E-state index contributed by atoms with van der Waals surface area (Å²) in [5, 5.41) is 0. The predicted molar refractivity (Wildman–Crippen MR) is 195 cm³/mol. The zero-order chi connectivity index (χ0) is 38.4. The van der Waals surface area contributed by atoms with Gasteiger partial charge in [-0.15, -0.1) is 0 Å². The predicted octanol–water partition coefficient (Wildman–Crippen LogP) is 1.31. The summed E-state index contributed by atoms with van der Waals surface area (Å²) in [6.07, 6.45) is 0.686. The van der Waals surface area contributed by atoms with Crippen molar-refractivity contribution in [3.05, 3.63) is 0 Å². The molecule has 0 fully saturated rings. The minimum Gasteiger partial charge on any atom is -0.382 e. The lowest BCUT2D eigenvalue weighted by atomic mass is 10.0. The van der Waals surface area contributed by atoms with E-state index in [1.807, 2.05) is 6.92 Å². The largest absolute Gasteiger partial charge is 0.382 e. The van der Waals surface area contributed by atoms with Crippen LogP contribution in [0.3, 0.4) is 0 Å². The first-order valence-electron chi connectivity index (χ1n) is 18.9. The van der Waals surface area contributed by atoms with Crippen LogP contribution in [0.2, 0.25) is 0 Å². The lowest BCUT2D eigenvalue weighted by Crippen LogP contribution is -2.43. The molecule has 320 valence electrons. The van der Waals surface area contributed by atoms with Gasteiger partial charge in [-0.1, -0.05) is 6.92 Å². The van der Waals surface area contributed by atoms with Crippen LogP contribution in [0, 0.1) is 0 Å². The summed E-state index contributed by atoms with van der Waals surface area (Å²) >= 11 is 0. The van der Waals surface area contributed by atoms with E-state index in [1.54, 1.807) is 21.3 Å². The molecular formula is C36H74O17. The molecular weight excluding hydrogens is 704 g/mol. The molecule has 0 aliphatic rings. The van der Waals surface area contributed by atoms with Gasteiger partial charge in [0, 0.05) is 21.3 Å². The standard InChI is InChI=1S/C36H74O17/c1-5-36(53-33-32-50-27-26-45-17-14-42-11-8-39-4,34-51-30-28-48-24-22-46-20-18-43-15-12-40-9-6-37-2)35-52-31-29-49-25-23-47-21-19-44-16-13-41-10-7-38-3/h5-35H2,1-4H3. The Bertz CT molecular complexity index is 632. The third-order valence-electron chi connectivity index (χ3n) is 7.03. The lowest BCUT2D eigenvalue weighted by Gasteiger charge is -2.32. The van der Waals surface area contributed by atoms with Gasteiger partial charge in [-0.25, -0.2) is 0 Å². The zero-order valence-corrected chi connectivity index (χ0v) is 33.4. The molecule has 53 heavy (non-hydrogen) atoms. The number of methoxy groups -OCH3 is 3. The highest BCUT2D eigenvalue weighted by Gasteiger charge is 2.30. The Labute approximate surface area is 318 Å². The first-order chi connectivity index (χ1) is 26.2. The van der Waals surface area contributed by atoms with Crippen molar-refractivity contribution in [1.82, 2.24) is 0 Å². The van der Waals surface area contributed by atoms with Gasteiger partial charge in [0.1, 0.15) is 5.60 Å². The average Bonchev–Trinajstić information content (AvgIpc) is 3.17. The fourth-order valence-corrected chi connectivity index (χ4v) is 3.99. The van der Waals surface area contributed by atoms with Crippen molar-refractivity contribution >= 4 is 0 Å². The van der Waals surface area contributed by atoms with Crippen LogP contribution in [-0.2, 0) is 80.5 Å². The molecule has 0 heterocycles. The molecule has 0 aliphatic carbocycles. The monoisotopic (exact) mass is 778 g/mol. The molecule has 0 unspecified atom stereocenters. The molecule has 0 spiro atoms. The Hall–Kier alpha value is -0.680. The number of hydrogen-bond acceptors (Lipinski definition) is 17. The highest BCUT2D eigenvalue weighted by atomic mass is 16.6. The topological polar surface area (TPSA) is 157 Å². The summed E-state index contributed by atoms with van der Waals surface area (Å²) in [7, 11) is 4.93. The summed E-state index contributed by atoms with van der Waals surface area (Å²) in [6, 6.07) is 0. The summed E-state index contributed by atoms with van der Waals surface area (Å²) < 4.78 is 93.6. The Morgan fingerprint density at radius 3 is 0.642 bits per heavy atom. The zero-order valence-electron chi connectivity index (χ0n) is 33.4. The van der Waals surface area contributed by atoms with Crippen LogP contribution >= 0.6 is 0 Å². The lowest BCUT2D eigenvalue weighted by molar-refractivity contribution is -0.152. The van der Waals surface area contributed by atoms with Gasteiger partial charge >= 0.3 is 0 Å². The summed E-state index contributed by atoms with van der Waals surface area (Å²) in [5.74, 6) is 0. The van der Waals surface area contributed by atoms with E-state index in [2.05, 4.69) is 0 Å². The Balaban J connectivity index is 4.17. The highest BCUT2D eigenvalue weighted by molar-refractivity contribution is 4.79. The number of rotatable bonds is 48. The van der Waals surface area contributed by atoms with Gasteiger partial charge in [0.05, 0.1) is 198 Å². The summed E-state index contributed by atoms with van der Waals surface area (Å²) in [4.78, 5) is 0. The Kier molecular flexibility index (Phi) is 45.1. The summed E-state index contributed by atoms with van der Waals surface area (Å²) in [6.45, 7) is 16.6. The van der Waals surface area contributed by atoms with Crippen molar-refractivity contribution in [2.24, 2.45) is 0 Å². The maximum atomic E-state index is 6.29. The number of ether oxygens (including phenoxy) is 17. The normalized spacial score (nSPS) is 12.0. The molecule has 0 saturated heterocycles. The van der Waals surface area contributed by atoms with E-state index in [0.717, 1.165) is 0 Å². The molecule has 0 radical (unpaired) electrons. The van der Waals surface area contributed by atoms with Gasteiger partial charge in [0.15, 0.2) is 0 Å². The quantitative estimate of drug-likeness (QED) is 0.0814. The van der Waals surface area contributed by atoms with E-state index in [1.165, 1.54) is 0 Å². The molecule has 17 nitrogen and oxygen atoms in total. The van der Waals surface area contributed by atoms with Crippen molar-refractivity contribution in [2.45, 2.75) is 18.9 Å². The van der Waals surface area contributed by atoms with Crippen LogP contribution in [-0.4, -0.2) is 225 Å². The second kappa shape index (κ2) is 45.7. The highest BCUT2D eigenvalue weighted by Crippen LogP contribution is 2.18. The Morgan fingerprint density at radius 2 is 0.434 bits per heavy atom. The molecule has 0 saturated carbocycles. The Morgan fingerprint density at radius 1 is 0.245 bits per heavy atom. The molecule has 0 aromatic rings. The van der Waals surface area contributed by atoms with Gasteiger partial charge in [-0.2, -0.15) is 0 Å². The van der Waals surface area contributed by atoms with Crippen LogP contribution in [0.25, 0.3) is 0 Å². The minimum atomic E-state index is -0.644. The van der Waals surface area contributed by atoms with E-state index < -0.39 is 5.60 Å². The van der Waals surface area contributed by atoms with Gasteiger partial charge in [-0.3, -0.25) is 0 Å². The van der Waals surface area contributed by atoms with E-state index in [4.69, 9.17) is 80.5 Å². The smallest absolute Gasteiger partial charge is 0.114 e. The van der Waals surface area contributed by atoms with Crippen LogP contribution in [0.15, 0.2) is 0 Å². The molecule has 0 amide bonds. The van der Waals surface area contributed by atoms with Gasteiger partial charge < -0.3 is 80.5 Å². The third-order valence-corrected chi connectivity index (χ3v) is 7.03. The number of hydrogen-bond donors (Lipinski definition) is 0. The van der Waals surface area contributed by atoms with Crippen molar-refractivity contribution < 1.29 is 80.5 Å². The van der Waals surface area contributed by atoms with Crippen molar-refractivity contribution in [3.8, 4) is 0 Å². The van der Waals surface area contributed by atoms with Crippen LogP contribution < -0.4 is 0 Å². The minimum absolute atomic E-state index is 0.345. The fourth-order valence-electron chi connectivity index (χ4n) is 3.99. The SMILES string of the molecule is CCC(COCCOCCOCCOCCOCCOC)(COCCOCCOCCOCCOCCOC)OCCOCCOCCOCCOC. The second-order valence-electron chi connectivity index (χ2n) is 11.2. The van der Waals surface area contributed by atoms with Gasteiger partial charge in [-0.05, 0) is 6.42 Å². The maximum Gasteiger partial charge on any atom is 0.114 e. The molecule has 0 atom stereocenters. The van der Waals surface area contributed by atoms with Crippen molar-refractivity contribution in [3.63, 3.8) is 0 Å². The van der Waals surface area contributed by atoms with E-state index in [-0.39, 0.29) is 0 Å². The molecule has 0 rings (SSSR count). The van der Waals surface area contributed by atoms with E-state index >= 15 is 0 Å². The first-order valence-corrected chi connectivity index (χ1v) is 18.9. The average molecular weight is 779 g/mol. The molecule has 0 aliphatic heterocycles. The van der Waals surface area contributed by atoms with Crippen LogP contribution in [0.1, 0.15) is 13.3 Å². The second-order valence-corrected chi connectivity index (χ2v) is 11.2.